The summed E-state index contributed by atoms with van der Waals surface area (Å²) in [6, 6.07) is 0. The van der Waals surface area contributed by atoms with E-state index < -0.39 is 21.2 Å². The fourth-order valence-electron chi connectivity index (χ4n) is 0.544. The van der Waals surface area contributed by atoms with Crippen LogP contribution >= 0.6 is 11.8 Å². The maximum Gasteiger partial charge on any atom is 0.323 e. The largest absolute Gasteiger partial charge is 0.480 e. The van der Waals surface area contributed by atoms with E-state index >= 15 is 0 Å². The molecular weight excluding hydrogens is 214 g/mol. The fourth-order valence-corrected chi connectivity index (χ4v) is 1.88. The third-order valence-electron chi connectivity index (χ3n) is 1.42. The predicted octanol–water partition coefficient (Wildman–Crippen LogP) is -0.258. The lowest BCUT2D eigenvalue weighted by Crippen LogP contribution is -2.38. The van der Waals surface area contributed by atoms with Crippen LogP contribution in [-0.2, 0) is 14.8 Å². The van der Waals surface area contributed by atoms with Crippen LogP contribution in [0.2, 0.25) is 0 Å². The molecule has 0 aliphatic carbocycles. The van der Waals surface area contributed by atoms with Crippen LogP contribution in [-0.4, -0.2) is 43.3 Å². The van der Waals surface area contributed by atoms with Gasteiger partial charge in [0.15, 0.2) is 5.25 Å². The Balaban J connectivity index is 4.16. The summed E-state index contributed by atoms with van der Waals surface area (Å²) in [7, 11) is -3.69. The predicted molar refractivity (Wildman–Crippen MR) is 52.4 cm³/mol. The molecule has 13 heavy (non-hydrogen) atoms. The summed E-state index contributed by atoms with van der Waals surface area (Å²) in [5.41, 5.74) is 0. The number of nitrogens with one attached hydrogen (secondary N) is 1. The summed E-state index contributed by atoms with van der Waals surface area (Å²) in [6.07, 6.45) is 1.84. The molecule has 0 aliphatic heterocycles. The van der Waals surface area contributed by atoms with Crippen LogP contribution in [0.4, 0.5) is 0 Å². The molecule has 0 saturated carbocycles. The molecule has 1 unspecified atom stereocenters. The maximum atomic E-state index is 11.1. The molecule has 0 aliphatic rings. The van der Waals surface area contributed by atoms with E-state index in [9.17, 15) is 13.2 Å². The number of aliphatic carboxylic acids is 1. The van der Waals surface area contributed by atoms with Gasteiger partial charge in [-0.1, -0.05) is 0 Å². The molecule has 0 bridgehead atoms. The average Bonchev–Trinajstić information content (AvgIpc) is 2.03. The maximum absolute atomic E-state index is 11.1. The van der Waals surface area contributed by atoms with Crippen LogP contribution in [0, 0.1) is 0 Å². The second-order valence-electron chi connectivity index (χ2n) is 2.41. The van der Waals surface area contributed by atoms with E-state index in [2.05, 4.69) is 4.72 Å². The van der Waals surface area contributed by atoms with E-state index in [1.807, 2.05) is 6.26 Å². The van der Waals surface area contributed by atoms with Gasteiger partial charge in [0.25, 0.3) is 0 Å². The van der Waals surface area contributed by atoms with Crippen LogP contribution in [0.1, 0.15) is 6.92 Å². The number of rotatable bonds is 6. The van der Waals surface area contributed by atoms with Gasteiger partial charge in [0, 0.05) is 12.3 Å². The number of hydrogen-bond acceptors (Lipinski definition) is 4. The summed E-state index contributed by atoms with van der Waals surface area (Å²) < 4.78 is 24.5. The number of hydrogen-bond donors (Lipinski definition) is 2. The Morgan fingerprint density at radius 3 is 2.54 bits per heavy atom. The molecular formula is C6H13NO4S2. The third kappa shape index (κ3) is 4.49. The Kier molecular flexibility index (Phi) is 5.34. The Labute approximate surface area is 82.0 Å². The van der Waals surface area contributed by atoms with Crippen molar-refractivity contribution in [2.75, 3.05) is 18.6 Å². The molecule has 2 N–H and O–H groups in total. The molecule has 0 spiro atoms. The van der Waals surface area contributed by atoms with Gasteiger partial charge in [-0.3, -0.25) is 4.79 Å². The van der Waals surface area contributed by atoms with Gasteiger partial charge >= 0.3 is 5.97 Å². The molecule has 0 saturated heterocycles. The smallest absolute Gasteiger partial charge is 0.323 e. The van der Waals surface area contributed by atoms with Gasteiger partial charge in [-0.15, -0.1) is 0 Å². The van der Waals surface area contributed by atoms with E-state index in [1.54, 1.807) is 0 Å². The zero-order valence-electron chi connectivity index (χ0n) is 7.48. The van der Waals surface area contributed by atoms with Crippen molar-refractivity contribution in [3.8, 4) is 0 Å². The fraction of sp³-hybridized carbons (Fsp3) is 0.833. The van der Waals surface area contributed by atoms with E-state index in [0.29, 0.717) is 5.75 Å². The van der Waals surface area contributed by atoms with Crippen molar-refractivity contribution in [1.82, 2.24) is 4.72 Å². The van der Waals surface area contributed by atoms with Gasteiger partial charge in [0.05, 0.1) is 0 Å². The second kappa shape index (κ2) is 5.46. The molecule has 0 radical (unpaired) electrons. The minimum absolute atomic E-state index is 0.265. The van der Waals surface area contributed by atoms with Gasteiger partial charge < -0.3 is 5.11 Å². The first-order valence-corrected chi connectivity index (χ1v) is 6.56. The molecule has 78 valence electrons. The molecule has 1 atom stereocenters. The lowest BCUT2D eigenvalue weighted by Gasteiger charge is -2.08. The van der Waals surface area contributed by atoms with Crippen LogP contribution in [0.5, 0.6) is 0 Å². The van der Waals surface area contributed by atoms with E-state index in [4.69, 9.17) is 5.11 Å². The Morgan fingerprint density at radius 2 is 2.15 bits per heavy atom. The molecule has 0 amide bonds. The quantitative estimate of drug-likeness (QED) is 0.611. The second-order valence-corrected chi connectivity index (χ2v) is 5.48. The first-order chi connectivity index (χ1) is 5.91. The topological polar surface area (TPSA) is 83.5 Å². The highest BCUT2D eigenvalue weighted by molar-refractivity contribution is 7.98. The summed E-state index contributed by atoms with van der Waals surface area (Å²) in [4.78, 5) is 10.4. The molecule has 0 rings (SSSR count). The van der Waals surface area contributed by atoms with Gasteiger partial charge in [0.1, 0.15) is 0 Å². The normalized spacial score (nSPS) is 14.0. The third-order valence-corrected chi connectivity index (χ3v) is 3.77. The molecule has 0 heterocycles. The molecule has 5 nitrogen and oxygen atoms in total. The van der Waals surface area contributed by atoms with Crippen molar-refractivity contribution >= 4 is 27.8 Å². The minimum atomic E-state index is -3.69. The van der Waals surface area contributed by atoms with Gasteiger partial charge in [0.2, 0.25) is 10.0 Å². The lowest BCUT2D eigenvalue weighted by atomic mass is 10.5. The van der Waals surface area contributed by atoms with Crippen molar-refractivity contribution in [3.63, 3.8) is 0 Å². The molecule has 7 heteroatoms. The van der Waals surface area contributed by atoms with Crippen LogP contribution < -0.4 is 4.72 Å². The lowest BCUT2D eigenvalue weighted by molar-refractivity contribution is -0.136. The standard InChI is InChI=1S/C6H13NO4S2/c1-5(6(8)9)13(10,11)7-3-4-12-2/h5,7H,3-4H2,1-2H3,(H,8,9). The van der Waals surface area contributed by atoms with Crippen molar-refractivity contribution in [1.29, 1.82) is 0 Å². The number of thioether (sulfide) groups is 1. The highest BCUT2D eigenvalue weighted by Crippen LogP contribution is 1.98. The summed E-state index contributed by atoms with van der Waals surface area (Å²) in [6.45, 7) is 1.41. The van der Waals surface area contributed by atoms with Crippen molar-refractivity contribution in [2.45, 2.75) is 12.2 Å². The van der Waals surface area contributed by atoms with E-state index in [1.165, 1.54) is 11.8 Å². The zero-order chi connectivity index (χ0) is 10.5. The summed E-state index contributed by atoms with van der Waals surface area (Å²) in [5, 5.41) is 7.06. The molecule has 0 aromatic rings. The van der Waals surface area contributed by atoms with Gasteiger partial charge in [-0.25, -0.2) is 13.1 Å². The number of sulfonamides is 1. The number of carbonyl (C=O) groups is 1. The van der Waals surface area contributed by atoms with Crippen molar-refractivity contribution in [3.05, 3.63) is 0 Å². The van der Waals surface area contributed by atoms with Crippen molar-refractivity contribution in [2.24, 2.45) is 0 Å². The zero-order valence-corrected chi connectivity index (χ0v) is 9.11. The highest BCUT2D eigenvalue weighted by Gasteiger charge is 2.26. The monoisotopic (exact) mass is 227 g/mol. The first kappa shape index (κ1) is 12.7. The molecule has 0 fully saturated rings. The van der Waals surface area contributed by atoms with Gasteiger partial charge in [-0.05, 0) is 13.2 Å². The number of carboxylic acid groups (broad SMARTS) is 1. The Hall–Kier alpha value is -0.270. The highest BCUT2D eigenvalue weighted by atomic mass is 32.2. The van der Waals surface area contributed by atoms with Crippen LogP contribution in [0.3, 0.4) is 0 Å². The Bertz CT molecular complexity index is 262. The first-order valence-electron chi connectivity index (χ1n) is 3.62. The average molecular weight is 227 g/mol. The van der Waals surface area contributed by atoms with E-state index in [0.717, 1.165) is 6.92 Å². The summed E-state index contributed by atoms with van der Waals surface area (Å²) >= 11 is 1.49. The summed E-state index contributed by atoms with van der Waals surface area (Å²) in [5.74, 6) is -0.706. The molecule has 0 aromatic carbocycles. The van der Waals surface area contributed by atoms with Crippen LogP contribution in [0.15, 0.2) is 0 Å². The van der Waals surface area contributed by atoms with Crippen molar-refractivity contribution < 1.29 is 18.3 Å². The van der Waals surface area contributed by atoms with Gasteiger partial charge in [-0.2, -0.15) is 11.8 Å². The Morgan fingerprint density at radius 1 is 1.62 bits per heavy atom. The number of carboxylic acids is 1. The SMILES string of the molecule is CSCCNS(=O)(=O)C(C)C(=O)O. The minimum Gasteiger partial charge on any atom is -0.480 e. The van der Waals surface area contributed by atoms with Crippen LogP contribution in [0.25, 0.3) is 0 Å². The van der Waals surface area contributed by atoms with E-state index in [-0.39, 0.29) is 6.54 Å². The molecule has 0 aromatic heterocycles.